The molecule has 3 nitrogen and oxygen atoms in total. The summed E-state index contributed by atoms with van der Waals surface area (Å²) < 4.78 is 17.6. The Hall–Kier alpha value is -1.29. The molecule has 1 rings (SSSR count). The number of halogens is 2. The van der Waals surface area contributed by atoms with E-state index in [0.29, 0.717) is 0 Å². The van der Waals surface area contributed by atoms with Gasteiger partial charge in [-0.15, -0.1) is 0 Å². The maximum absolute atomic E-state index is 13.0. The maximum atomic E-state index is 13.0. The first kappa shape index (κ1) is 9.80. The van der Waals surface area contributed by atoms with Crippen molar-refractivity contribution in [1.82, 2.24) is 0 Å². The molecular weight excluding hydrogens is 199 g/mol. The van der Waals surface area contributed by atoms with Crippen LogP contribution in [0.5, 0.6) is 5.75 Å². The van der Waals surface area contributed by atoms with Gasteiger partial charge in [-0.1, -0.05) is 17.7 Å². The Balaban J connectivity index is 2.77. The molecule has 70 valence electrons. The molecule has 0 aliphatic rings. The molecule has 1 aromatic carbocycles. The van der Waals surface area contributed by atoms with E-state index in [2.05, 4.69) is 4.74 Å². The van der Waals surface area contributed by atoms with Crippen LogP contribution in [0.3, 0.4) is 0 Å². The fraction of sp³-hybridized carbons (Fsp3) is 0.125. The van der Waals surface area contributed by atoms with Gasteiger partial charge in [-0.3, -0.25) is 0 Å². The summed E-state index contributed by atoms with van der Waals surface area (Å²) in [6.07, 6.45) is 0. The molecule has 0 amide bonds. The molecule has 0 saturated carbocycles. The van der Waals surface area contributed by atoms with Gasteiger partial charge in [0.1, 0.15) is 0 Å². The van der Waals surface area contributed by atoms with Gasteiger partial charge >= 0.3 is 5.97 Å². The molecule has 0 heterocycles. The van der Waals surface area contributed by atoms with Crippen LogP contribution in [-0.2, 0) is 4.79 Å². The van der Waals surface area contributed by atoms with Crippen molar-refractivity contribution >= 4 is 17.6 Å². The van der Waals surface area contributed by atoms with Gasteiger partial charge in [0.15, 0.2) is 18.2 Å². The minimum Gasteiger partial charge on any atom is -0.479 e. The van der Waals surface area contributed by atoms with Crippen molar-refractivity contribution in [2.24, 2.45) is 0 Å². The van der Waals surface area contributed by atoms with E-state index in [1.165, 1.54) is 18.2 Å². The molecular formula is C8H6ClFO3. The average Bonchev–Trinajstić information content (AvgIpc) is 2.07. The number of benzene rings is 1. The smallest absolute Gasteiger partial charge is 0.341 e. The lowest BCUT2D eigenvalue weighted by Crippen LogP contribution is -2.10. The number of hydrogen-bond acceptors (Lipinski definition) is 2. The summed E-state index contributed by atoms with van der Waals surface area (Å²) in [5.74, 6) is -2.07. The highest BCUT2D eigenvalue weighted by molar-refractivity contribution is 6.30. The van der Waals surface area contributed by atoms with E-state index in [0.717, 1.165) is 0 Å². The molecule has 13 heavy (non-hydrogen) atoms. The van der Waals surface area contributed by atoms with Crippen LogP contribution in [0, 0.1) is 5.82 Å². The molecule has 1 N–H and O–H groups in total. The lowest BCUT2D eigenvalue weighted by Gasteiger charge is -2.04. The fourth-order valence-corrected chi connectivity index (χ4v) is 0.901. The molecule has 0 aliphatic heterocycles. The second kappa shape index (κ2) is 4.09. The molecule has 0 aromatic heterocycles. The minimum atomic E-state index is -1.17. The summed E-state index contributed by atoms with van der Waals surface area (Å²) in [5.41, 5.74) is 0. The molecule has 0 aliphatic carbocycles. The molecule has 1 aromatic rings. The van der Waals surface area contributed by atoms with E-state index in [4.69, 9.17) is 16.7 Å². The SMILES string of the molecule is O=C(O)COc1cccc(Cl)c1F. The minimum absolute atomic E-state index is 0.0945. The van der Waals surface area contributed by atoms with Gasteiger partial charge in [-0.25, -0.2) is 9.18 Å². The first-order valence-corrected chi connectivity index (χ1v) is 3.77. The molecule has 0 bridgehead atoms. The standard InChI is InChI=1S/C8H6ClFO3/c9-5-2-1-3-6(8(5)10)13-4-7(11)12/h1-3H,4H2,(H,11,12). The largest absolute Gasteiger partial charge is 0.479 e. The molecule has 0 saturated heterocycles. The Morgan fingerprint density at radius 1 is 1.62 bits per heavy atom. The van der Waals surface area contributed by atoms with Gasteiger partial charge in [0, 0.05) is 0 Å². The normalized spacial score (nSPS) is 9.69. The second-order valence-electron chi connectivity index (χ2n) is 2.23. The molecule has 0 unspecified atom stereocenters. The zero-order valence-electron chi connectivity index (χ0n) is 6.46. The lowest BCUT2D eigenvalue weighted by atomic mass is 10.3. The number of aliphatic carboxylic acids is 1. The van der Waals surface area contributed by atoms with Crippen LogP contribution in [0.2, 0.25) is 5.02 Å². The maximum Gasteiger partial charge on any atom is 0.341 e. The van der Waals surface area contributed by atoms with E-state index < -0.39 is 18.4 Å². The Bertz CT molecular complexity index is 327. The van der Waals surface area contributed by atoms with E-state index in [9.17, 15) is 9.18 Å². The van der Waals surface area contributed by atoms with Crippen molar-refractivity contribution in [2.75, 3.05) is 6.61 Å². The monoisotopic (exact) mass is 204 g/mol. The molecule has 0 atom stereocenters. The van der Waals surface area contributed by atoms with Gasteiger partial charge in [0.25, 0.3) is 0 Å². The summed E-state index contributed by atoms with van der Waals surface area (Å²) >= 11 is 5.43. The number of rotatable bonds is 3. The number of carboxylic acid groups (broad SMARTS) is 1. The fourth-order valence-electron chi connectivity index (χ4n) is 0.735. The second-order valence-corrected chi connectivity index (χ2v) is 2.64. The van der Waals surface area contributed by atoms with E-state index >= 15 is 0 Å². The number of carboxylic acids is 1. The summed E-state index contributed by atoms with van der Waals surface area (Å²) in [6, 6.07) is 4.14. The van der Waals surface area contributed by atoms with Crippen molar-refractivity contribution in [3.63, 3.8) is 0 Å². The third kappa shape index (κ3) is 2.59. The third-order valence-electron chi connectivity index (χ3n) is 1.27. The van der Waals surface area contributed by atoms with Crippen LogP contribution in [0.4, 0.5) is 4.39 Å². The van der Waals surface area contributed by atoms with Crippen LogP contribution in [0.1, 0.15) is 0 Å². The van der Waals surface area contributed by atoms with Gasteiger partial charge < -0.3 is 9.84 Å². The Morgan fingerprint density at radius 2 is 2.31 bits per heavy atom. The van der Waals surface area contributed by atoms with E-state index in [1.54, 1.807) is 0 Å². The van der Waals surface area contributed by atoms with E-state index in [1.807, 2.05) is 0 Å². The quantitative estimate of drug-likeness (QED) is 0.819. The first-order chi connectivity index (χ1) is 6.11. The van der Waals surface area contributed by atoms with Gasteiger partial charge in [-0.2, -0.15) is 0 Å². The van der Waals surface area contributed by atoms with Crippen molar-refractivity contribution in [2.45, 2.75) is 0 Å². The Kier molecular flexibility index (Phi) is 3.08. The zero-order valence-corrected chi connectivity index (χ0v) is 7.21. The van der Waals surface area contributed by atoms with Crippen molar-refractivity contribution in [3.05, 3.63) is 29.0 Å². The van der Waals surface area contributed by atoms with Crippen molar-refractivity contribution < 1.29 is 19.0 Å². The van der Waals surface area contributed by atoms with Crippen LogP contribution >= 0.6 is 11.6 Å². The molecule has 0 spiro atoms. The van der Waals surface area contributed by atoms with Crippen LogP contribution in [-0.4, -0.2) is 17.7 Å². The lowest BCUT2D eigenvalue weighted by molar-refractivity contribution is -0.139. The number of carbonyl (C=O) groups is 1. The molecule has 5 heteroatoms. The van der Waals surface area contributed by atoms with Crippen molar-refractivity contribution in [3.8, 4) is 5.75 Å². The highest BCUT2D eigenvalue weighted by atomic mass is 35.5. The molecule has 0 radical (unpaired) electrons. The Labute approximate surface area is 78.7 Å². The third-order valence-corrected chi connectivity index (χ3v) is 1.56. The van der Waals surface area contributed by atoms with Gasteiger partial charge in [0.05, 0.1) is 5.02 Å². The number of hydrogen-bond donors (Lipinski definition) is 1. The van der Waals surface area contributed by atoms with Gasteiger partial charge in [-0.05, 0) is 12.1 Å². The topological polar surface area (TPSA) is 46.5 Å². The molecule has 0 fully saturated rings. The summed E-state index contributed by atoms with van der Waals surface area (Å²) in [5, 5.41) is 8.16. The first-order valence-electron chi connectivity index (χ1n) is 3.40. The van der Waals surface area contributed by atoms with Crippen molar-refractivity contribution in [1.29, 1.82) is 0 Å². The van der Waals surface area contributed by atoms with Crippen LogP contribution < -0.4 is 4.74 Å². The average molecular weight is 205 g/mol. The summed E-state index contributed by atoms with van der Waals surface area (Å²) in [7, 11) is 0. The summed E-state index contributed by atoms with van der Waals surface area (Å²) in [6.45, 7) is -0.586. The van der Waals surface area contributed by atoms with Gasteiger partial charge in [0.2, 0.25) is 0 Å². The summed E-state index contributed by atoms with van der Waals surface area (Å²) in [4.78, 5) is 10.1. The number of ether oxygens (including phenoxy) is 1. The Morgan fingerprint density at radius 3 is 2.92 bits per heavy atom. The zero-order chi connectivity index (χ0) is 9.84. The van der Waals surface area contributed by atoms with Crippen LogP contribution in [0.25, 0.3) is 0 Å². The highest BCUT2D eigenvalue weighted by Gasteiger charge is 2.08. The van der Waals surface area contributed by atoms with E-state index in [-0.39, 0.29) is 10.8 Å². The predicted octanol–water partition coefficient (Wildman–Crippen LogP) is 1.94. The predicted molar refractivity (Wildman–Crippen MR) is 44.5 cm³/mol. The van der Waals surface area contributed by atoms with Crippen LogP contribution in [0.15, 0.2) is 18.2 Å². The highest BCUT2D eigenvalue weighted by Crippen LogP contribution is 2.23.